The maximum Gasteiger partial charge on any atom is 0.231 e. The van der Waals surface area contributed by atoms with Gasteiger partial charge in [-0.25, -0.2) is 4.98 Å². The molecule has 29 heavy (non-hydrogen) atoms. The third-order valence-corrected chi connectivity index (χ3v) is 6.53. The van der Waals surface area contributed by atoms with Crippen LogP contribution in [-0.2, 0) is 4.79 Å². The highest BCUT2D eigenvalue weighted by Gasteiger charge is 2.29. The molecule has 3 heterocycles. The molecule has 0 radical (unpaired) electrons. The number of fused-ring (bicyclic) bond motifs is 1. The van der Waals surface area contributed by atoms with Crippen molar-refractivity contribution >= 4 is 44.4 Å². The van der Waals surface area contributed by atoms with Crippen molar-refractivity contribution in [2.45, 2.75) is 40.5 Å². The minimum absolute atomic E-state index is 0.0542. The number of benzene rings is 1. The van der Waals surface area contributed by atoms with Crippen molar-refractivity contribution in [3.05, 3.63) is 45.4 Å². The third kappa shape index (κ3) is 3.88. The van der Waals surface area contributed by atoms with E-state index >= 15 is 0 Å². The molecule has 0 bridgehead atoms. The van der Waals surface area contributed by atoms with Crippen LogP contribution in [0.5, 0.6) is 0 Å². The lowest BCUT2D eigenvalue weighted by molar-refractivity contribution is -0.120. The SMILES string of the molecule is Cc1nc(N2CCCC(C(=O)Nc3ccc(Br)c(C)c3)C2)c2c(C)c(C)oc2n1. The largest absolute Gasteiger partial charge is 0.443 e. The van der Waals surface area contributed by atoms with Crippen LogP contribution < -0.4 is 10.2 Å². The van der Waals surface area contributed by atoms with E-state index in [0.717, 1.165) is 57.6 Å². The van der Waals surface area contributed by atoms with Gasteiger partial charge in [0.2, 0.25) is 11.6 Å². The van der Waals surface area contributed by atoms with Gasteiger partial charge in [-0.1, -0.05) is 15.9 Å². The van der Waals surface area contributed by atoms with Gasteiger partial charge >= 0.3 is 0 Å². The van der Waals surface area contributed by atoms with E-state index in [1.165, 1.54) is 0 Å². The lowest BCUT2D eigenvalue weighted by atomic mass is 9.96. The highest BCUT2D eigenvalue weighted by molar-refractivity contribution is 9.10. The topological polar surface area (TPSA) is 71.3 Å². The first-order valence-corrected chi connectivity index (χ1v) is 10.7. The molecule has 1 aliphatic heterocycles. The van der Waals surface area contributed by atoms with Crippen molar-refractivity contribution in [3.8, 4) is 0 Å². The van der Waals surface area contributed by atoms with Gasteiger partial charge in [0.1, 0.15) is 17.4 Å². The summed E-state index contributed by atoms with van der Waals surface area (Å²) in [5, 5.41) is 4.03. The van der Waals surface area contributed by atoms with Gasteiger partial charge in [-0.2, -0.15) is 4.98 Å². The van der Waals surface area contributed by atoms with Crippen LogP contribution in [0.1, 0.15) is 35.6 Å². The molecule has 1 saturated heterocycles. The summed E-state index contributed by atoms with van der Waals surface area (Å²) in [6.07, 6.45) is 1.81. The van der Waals surface area contributed by atoms with Crippen molar-refractivity contribution in [2.75, 3.05) is 23.3 Å². The van der Waals surface area contributed by atoms with E-state index in [1.807, 2.05) is 45.9 Å². The molecule has 1 unspecified atom stereocenters. The van der Waals surface area contributed by atoms with Gasteiger partial charge in [-0.05, 0) is 64.3 Å². The highest BCUT2D eigenvalue weighted by Crippen LogP contribution is 2.33. The molecule has 0 saturated carbocycles. The zero-order valence-corrected chi connectivity index (χ0v) is 18.8. The zero-order valence-electron chi connectivity index (χ0n) is 17.2. The van der Waals surface area contributed by atoms with Crippen molar-refractivity contribution in [2.24, 2.45) is 5.92 Å². The molecular formula is C22H25BrN4O2. The van der Waals surface area contributed by atoms with Gasteiger partial charge in [0.05, 0.1) is 11.3 Å². The minimum Gasteiger partial charge on any atom is -0.443 e. The number of carbonyl (C=O) groups excluding carboxylic acids is 1. The van der Waals surface area contributed by atoms with E-state index in [4.69, 9.17) is 9.40 Å². The van der Waals surface area contributed by atoms with Crippen LogP contribution in [0.2, 0.25) is 0 Å². The van der Waals surface area contributed by atoms with E-state index in [-0.39, 0.29) is 11.8 Å². The average Bonchev–Trinajstić information content (AvgIpc) is 2.97. The van der Waals surface area contributed by atoms with Crippen molar-refractivity contribution in [1.29, 1.82) is 0 Å². The monoisotopic (exact) mass is 456 g/mol. The number of amides is 1. The quantitative estimate of drug-likeness (QED) is 0.595. The van der Waals surface area contributed by atoms with E-state index < -0.39 is 0 Å². The molecule has 1 atom stereocenters. The molecule has 0 aliphatic carbocycles. The zero-order chi connectivity index (χ0) is 20.7. The average molecular weight is 457 g/mol. The summed E-state index contributed by atoms with van der Waals surface area (Å²) in [5.41, 5.74) is 3.61. The van der Waals surface area contributed by atoms with Crippen LogP contribution in [0.15, 0.2) is 27.1 Å². The number of halogens is 1. The third-order valence-electron chi connectivity index (χ3n) is 5.64. The number of anilines is 2. The summed E-state index contributed by atoms with van der Waals surface area (Å²) in [4.78, 5) is 24.3. The Labute approximate surface area is 178 Å². The molecule has 1 amide bonds. The summed E-state index contributed by atoms with van der Waals surface area (Å²) in [6.45, 7) is 9.38. The number of hydrogen-bond donors (Lipinski definition) is 1. The number of aryl methyl sites for hydroxylation is 4. The lowest BCUT2D eigenvalue weighted by Gasteiger charge is -2.33. The van der Waals surface area contributed by atoms with Gasteiger partial charge < -0.3 is 14.6 Å². The standard InChI is InChI=1S/C22H25BrN4O2/c1-12-10-17(7-8-18(12)23)26-21(28)16-6-5-9-27(11-16)20-19-13(2)14(3)29-22(19)25-15(4)24-20/h7-8,10,16H,5-6,9,11H2,1-4H3,(H,26,28). The Bertz CT molecular complexity index is 1090. The van der Waals surface area contributed by atoms with Crippen LogP contribution in [0, 0.1) is 33.6 Å². The molecule has 1 N–H and O–H groups in total. The fourth-order valence-corrected chi connectivity index (χ4v) is 4.16. The first-order chi connectivity index (χ1) is 13.8. The first-order valence-electron chi connectivity index (χ1n) is 9.90. The van der Waals surface area contributed by atoms with Gasteiger partial charge in [-0.15, -0.1) is 0 Å². The molecule has 6 nitrogen and oxygen atoms in total. The number of nitrogens with one attached hydrogen (secondary N) is 1. The van der Waals surface area contributed by atoms with Gasteiger partial charge in [-0.3, -0.25) is 4.79 Å². The van der Waals surface area contributed by atoms with Crippen molar-refractivity contribution < 1.29 is 9.21 Å². The van der Waals surface area contributed by atoms with Crippen LogP contribution in [0.25, 0.3) is 11.1 Å². The van der Waals surface area contributed by atoms with Crippen molar-refractivity contribution in [3.63, 3.8) is 0 Å². The van der Waals surface area contributed by atoms with E-state index in [9.17, 15) is 4.79 Å². The summed E-state index contributed by atoms with van der Waals surface area (Å²) < 4.78 is 6.86. The summed E-state index contributed by atoms with van der Waals surface area (Å²) in [6, 6.07) is 5.87. The van der Waals surface area contributed by atoms with E-state index in [2.05, 4.69) is 31.1 Å². The molecule has 7 heteroatoms. The Morgan fingerprint density at radius 3 is 2.79 bits per heavy atom. The smallest absolute Gasteiger partial charge is 0.231 e. The lowest BCUT2D eigenvalue weighted by Crippen LogP contribution is -2.41. The summed E-state index contributed by atoms with van der Waals surface area (Å²) >= 11 is 3.50. The molecule has 1 fully saturated rings. The predicted octanol–water partition coefficient (Wildman–Crippen LogP) is 5.07. The number of carbonyl (C=O) groups is 1. The molecular weight excluding hydrogens is 432 g/mol. The predicted molar refractivity (Wildman–Crippen MR) is 118 cm³/mol. The van der Waals surface area contributed by atoms with Gasteiger partial charge in [0, 0.05) is 28.8 Å². The fraction of sp³-hybridized carbons (Fsp3) is 0.409. The van der Waals surface area contributed by atoms with Crippen LogP contribution >= 0.6 is 15.9 Å². The normalized spacial score (nSPS) is 17.0. The Kier molecular flexibility index (Phi) is 5.34. The number of rotatable bonds is 3. The number of piperidine rings is 1. The molecule has 1 aliphatic rings. The summed E-state index contributed by atoms with van der Waals surface area (Å²) in [7, 11) is 0. The molecule has 152 valence electrons. The Morgan fingerprint density at radius 1 is 1.24 bits per heavy atom. The second-order valence-electron chi connectivity index (χ2n) is 7.80. The second kappa shape index (κ2) is 7.78. The second-order valence-corrected chi connectivity index (χ2v) is 8.65. The van der Waals surface area contributed by atoms with E-state index in [0.29, 0.717) is 18.1 Å². The molecule has 3 aromatic rings. The van der Waals surface area contributed by atoms with Gasteiger partial charge in [0.15, 0.2) is 0 Å². The molecule has 4 rings (SSSR count). The van der Waals surface area contributed by atoms with E-state index in [1.54, 1.807) is 0 Å². The Hall–Kier alpha value is -2.41. The number of aromatic nitrogens is 2. The maximum absolute atomic E-state index is 12.9. The molecule has 1 aromatic carbocycles. The maximum atomic E-state index is 12.9. The Morgan fingerprint density at radius 2 is 2.03 bits per heavy atom. The Balaban J connectivity index is 1.58. The summed E-state index contributed by atoms with van der Waals surface area (Å²) in [5.74, 6) is 2.37. The van der Waals surface area contributed by atoms with Crippen LogP contribution in [-0.4, -0.2) is 29.0 Å². The fourth-order valence-electron chi connectivity index (χ4n) is 3.91. The first kappa shape index (κ1) is 19.9. The highest BCUT2D eigenvalue weighted by atomic mass is 79.9. The van der Waals surface area contributed by atoms with Crippen molar-refractivity contribution in [1.82, 2.24) is 9.97 Å². The number of hydrogen-bond acceptors (Lipinski definition) is 5. The number of nitrogens with zero attached hydrogens (tertiary/aromatic N) is 3. The minimum atomic E-state index is -0.0914. The van der Waals surface area contributed by atoms with Crippen LogP contribution in [0.3, 0.4) is 0 Å². The molecule has 2 aromatic heterocycles. The molecule has 0 spiro atoms. The van der Waals surface area contributed by atoms with Gasteiger partial charge in [0.25, 0.3) is 0 Å². The number of furan rings is 1. The van der Waals surface area contributed by atoms with Crippen LogP contribution in [0.4, 0.5) is 11.5 Å².